The third-order valence-corrected chi connectivity index (χ3v) is 2.21. The highest BCUT2D eigenvalue weighted by molar-refractivity contribution is 5.79. The molecule has 0 fully saturated rings. The Labute approximate surface area is 106 Å². The van der Waals surface area contributed by atoms with E-state index in [-0.39, 0.29) is 12.8 Å². The molecular formula is C13H18O5. The highest BCUT2D eigenvalue weighted by Gasteiger charge is 2.26. The first-order valence-electron chi connectivity index (χ1n) is 5.75. The van der Waals surface area contributed by atoms with Crippen LogP contribution < -0.4 is 0 Å². The second-order valence-corrected chi connectivity index (χ2v) is 5.11. The van der Waals surface area contributed by atoms with Gasteiger partial charge in [0.05, 0.1) is 18.6 Å². The zero-order valence-electron chi connectivity index (χ0n) is 10.8. The van der Waals surface area contributed by atoms with Gasteiger partial charge < -0.3 is 14.3 Å². The first-order valence-corrected chi connectivity index (χ1v) is 5.75. The number of carbonyl (C=O) groups excluding carboxylic acids is 1. The summed E-state index contributed by atoms with van der Waals surface area (Å²) in [6, 6.07) is 3.37. The SMILES string of the molecule is CC(C)(C)OC(=O)CC(Cc1ccco1)C(=O)O. The molecule has 5 heteroatoms. The summed E-state index contributed by atoms with van der Waals surface area (Å²) in [7, 11) is 0. The molecule has 0 saturated carbocycles. The largest absolute Gasteiger partial charge is 0.481 e. The van der Waals surface area contributed by atoms with E-state index >= 15 is 0 Å². The third-order valence-electron chi connectivity index (χ3n) is 2.21. The topological polar surface area (TPSA) is 76.7 Å². The minimum atomic E-state index is -1.03. The first kappa shape index (κ1) is 14.3. The average molecular weight is 254 g/mol. The molecule has 0 amide bonds. The first-order chi connectivity index (χ1) is 8.28. The maximum Gasteiger partial charge on any atom is 0.307 e. The van der Waals surface area contributed by atoms with Crippen molar-refractivity contribution < 1.29 is 23.8 Å². The molecule has 18 heavy (non-hydrogen) atoms. The van der Waals surface area contributed by atoms with Crippen LogP contribution in [-0.2, 0) is 20.7 Å². The van der Waals surface area contributed by atoms with Crippen LogP contribution >= 0.6 is 0 Å². The van der Waals surface area contributed by atoms with E-state index in [9.17, 15) is 9.59 Å². The van der Waals surface area contributed by atoms with Crippen molar-refractivity contribution in [2.75, 3.05) is 0 Å². The second kappa shape index (κ2) is 5.71. The molecule has 1 heterocycles. The number of hydrogen-bond acceptors (Lipinski definition) is 4. The molecule has 0 aromatic carbocycles. The van der Waals surface area contributed by atoms with Crippen LogP contribution in [-0.4, -0.2) is 22.6 Å². The number of carboxylic acid groups (broad SMARTS) is 1. The normalized spacial score (nSPS) is 13.1. The molecule has 0 aliphatic rings. The fourth-order valence-corrected chi connectivity index (χ4v) is 1.50. The van der Waals surface area contributed by atoms with Gasteiger partial charge in [0.1, 0.15) is 11.4 Å². The Morgan fingerprint density at radius 1 is 1.44 bits per heavy atom. The monoisotopic (exact) mass is 254 g/mol. The summed E-state index contributed by atoms with van der Waals surface area (Å²) in [5.74, 6) is -1.82. The van der Waals surface area contributed by atoms with Crippen LogP contribution in [0.5, 0.6) is 0 Å². The molecule has 0 aliphatic carbocycles. The summed E-state index contributed by atoms with van der Waals surface area (Å²) >= 11 is 0. The van der Waals surface area contributed by atoms with Crippen LogP contribution in [0.3, 0.4) is 0 Å². The van der Waals surface area contributed by atoms with Gasteiger partial charge in [0.25, 0.3) is 0 Å². The minimum absolute atomic E-state index is 0.159. The van der Waals surface area contributed by atoms with Gasteiger partial charge in [0.2, 0.25) is 0 Å². The number of carboxylic acids is 1. The van der Waals surface area contributed by atoms with Crippen molar-refractivity contribution >= 4 is 11.9 Å². The summed E-state index contributed by atoms with van der Waals surface area (Å²) in [5.41, 5.74) is -0.606. The molecule has 1 aromatic heterocycles. The van der Waals surface area contributed by atoms with Gasteiger partial charge in [0.15, 0.2) is 0 Å². The Bertz CT molecular complexity index is 400. The lowest BCUT2D eigenvalue weighted by atomic mass is 10.00. The predicted octanol–water partition coefficient (Wildman–Crippen LogP) is 2.25. The van der Waals surface area contributed by atoms with Gasteiger partial charge in [-0.2, -0.15) is 0 Å². The van der Waals surface area contributed by atoms with Crippen LogP contribution in [0.25, 0.3) is 0 Å². The fraction of sp³-hybridized carbons (Fsp3) is 0.538. The zero-order chi connectivity index (χ0) is 13.8. The van der Waals surface area contributed by atoms with E-state index in [1.165, 1.54) is 6.26 Å². The van der Waals surface area contributed by atoms with Crippen LogP contribution in [0.1, 0.15) is 33.0 Å². The van der Waals surface area contributed by atoms with Crippen molar-refractivity contribution in [1.82, 2.24) is 0 Å². The van der Waals surface area contributed by atoms with Crippen LogP contribution in [0.15, 0.2) is 22.8 Å². The van der Waals surface area contributed by atoms with Gasteiger partial charge in [-0.25, -0.2) is 0 Å². The molecule has 1 atom stereocenters. The van der Waals surface area contributed by atoms with Crippen molar-refractivity contribution in [3.63, 3.8) is 0 Å². The van der Waals surface area contributed by atoms with Gasteiger partial charge in [-0.3, -0.25) is 9.59 Å². The predicted molar refractivity (Wildman–Crippen MR) is 64.0 cm³/mol. The molecule has 0 radical (unpaired) electrons. The van der Waals surface area contributed by atoms with Gasteiger partial charge in [0, 0.05) is 6.42 Å². The highest BCUT2D eigenvalue weighted by atomic mass is 16.6. The lowest BCUT2D eigenvalue weighted by molar-refractivity contribution is -0.159. The van der Waals surface area contributed by atoms with Crippen molar-refractivity contribution in [3.05, 3.63) is 24.2 Å². The van der Waals surface area contributed by atoms with Crippen molar-refractivity contribution in [2.24, 2.45) is 5.92 Å². The lowest BCUT2D eigenvalue weighted by Gasteiger charge is -2.20. The summed E-state index contributed by atoms with van der Waals surface area (Å²) in [5, 5.41) is 9.07. The number of aliphatic carboxylic acids is 1. The number of carbonyl (C=O) groups is 2. The van der Waals surface area contributed by atoms with E-state index in [0.29, 0.717) is 5.76 Å². The van der Waals surface area contributed by atoms with Gasteiger partial charge in [-0.05, 0) is 32.9 Å². The Morgan fingerprint density at radius 3 is 2.56 bits per heavy atom. The number of hydrogen-bond donors (Lipinski definition) is 1. The molecule has 0 aliphatic heterocycles. The lowest BCUT2D eigenvalue weighted by Crippen LogP contribution is -2.28. The Morgan fingerprint density at radius 2 is 2.11 bits per heavy atom. The van der Waals surface area contributed by atoms with Crippen molar-refractivity contribution in [3.8, 4) is 0 Å². The average Bonchev–Trinajstić information content (AvgIpc) is 2.66. The highest BCUT2D eigenvalue weighted by Crippen LogP contribution is 2.16. The summed E-state index contributed by atoms with van der Waals surface area (Å²) in [6.07, 6.45) is 1.50. The molecule has 1 aromatic rings. The van der Waals surface area contributed by atoms with Gasteiger partial charge >= 0.3 is 11.9 Å². The Balaban J connectivity index is 2.58. The van der Waals surface area contributed by atoms with Crippen LogP contribution in [0.2, 0.25) is 0 Å². The Hall–Kier alpha value is -1.78. The quantitative estimate of drug-likeness (QED) is 0.815. The maximum absolute atomic E-state index is 11.6. The molecule has 0 bridgehead atoms. The molecule has 5 nitrogen and oxygen atoms in total. The zero-order valence-corrected chi connectivity index (χ0v) is 10.8. The van der Waals surface area contributed by atoms with Gasteiger partial charge in [-0.1, -0.05) is 0 Å². The van der Waals surface area contributed by atoms with E-state index in [1.54, 1.807) is 32.9 Å². The van der Waals surface area contributed by atoms with Gasteiger partial charge in [-0.15, -0.1) is 0 Å². The fourth-order valence-electron chi connectivity index (χ4n) is 1.50. The summed E-state index contributed by atoms with van der Waals surface area (Å²) in [6.45, 7) is 5.23. The molecule has 0 spiro atoms. The molecule has 100 valence electrons. The summed E-state index contributed by atoms with van der Waals surface area (Å²) < 4.78 is 10.2. The number of rotatable bonds is 5. The molecule has 0 saturated heterocycles. The molecule has 1 rings (SSSR count). The number of furan rings is 1. The third kappa shape index (κ3) is 5.03. The van der Waals surface area contributed by atoms with Crippen LogP contribution in [0, 0.1) is 5.92 Å². The summed E-state index contributed by atoms with van der Waals surface area (Å²) in [4.78, 5) is 22.7. The van der Waals surface area contributed by atoms with Crippen molar-refractivity contribution in [2.45, 2.75) is 39.2 Å². The molecule has 1 N–H and O–H groups in total. The maximum atomic E-state index is 11.6. The van der Waals surface area contributed by atoms with E-state index in [0.717, 1.165) is 0 Å². The van der Waals surface area contributed by atoms with E-state index in [4.69, 9.17) is 14.3 Å². The van der Waals surface area contributed by atoms with E-state index < -0.39 is 23.5 Å². The van der Waals surface area contributed by atoms with E-state index in [1.807, 2.05) is 0 Å². The second-order valence-electron chi connectivity index (χ2n) is 5.11. The smallest absolute Gasteiger partial charge is 0.307 e. The van der Waals surface area contributed by atoms with E-state index in [2.05, 4.69) is 0 Å². The number of esters is 1. The standard InChI is InChI=1S/C13H18O5/c1-13(2,3)18-11(14)8-9(12(15)16)7-10-5-4-6-17-10/h4-6,9H,7-8H2,1-3H3,(H,15,16). The van der Waals surface area contributed by atoms with Crippen molar-refractivity contribution in [1.29, 1.82) is 0 Å². The minimum Gasteiger partial charge on any atom is -0.481 e. The molecule has 1 unspecified atom stereocenters. The number of ether oxygens (including phenoxy) is 1. The Kier molecular flexibility index (Phi) is 4.53. The molecular weight excluding hydrogens is 236 g/mol. The van der Waals surface area contributed by atoms with Crippen LogP contribution in [0.4, 0.5) is 0 Å².